The number of aliphatic carboxylic acids is 1. The smallest absolute Gasteiger partial charge is 0.343 e. The lowest BCUT2D eigenvalue weighted by Crippen LogP contribution is -2.41. The summed E-state index contributed by atoms with van der Waals surface area (Å²) in [5.41, 5.74) is -2.22. The van der Waals surface area contributed by atoms with Crippen molar-refractivity contribution >= 4 is 17.5 Å². The molecule has 0 aliphatic rings. The van der Waals surface area contributed by atoms with Crippen LogP contribution in [0, 0.1) is 0 Å². The van der Waals surface area contributed by atoms with Gasteiger partial charge in [-0.2, -0.15) is 0 Å². The number of hydrogen-bond donors (Lipinski definition) is 3. The molecule has 0 aromatic carbocycles. The second-order valence-electron chi connectivity index (χ2n) is 3.22. The van der Waals surface area contributed by atoms with Gasteiger partial charge in [-0.25, -0.2) is 4.79 Å². The van der Waals surface area contributed by atoms with Crippen LogP contribution >= 0.6 is 0 Å². The second kappa shape index (κ2) is 6.26. The molecule has 15 heavy (non-hydrogen) atoms. The lowest BCUT2D eigenvalue weighted by atomic mass is 10.0. The zero-order valence-electron chi connectivity index (χ0n) is 9.14. The van der Waals surface area contributed by atoms with Crippen molar-refractivity contribution in [2.24, 2.45) is 0 Å². The number of carboxylic acids is 1. The summed E-state index contributed by atoms with van der Waals surface area (Å²) in [5, 5.41) is 25.1. The summed E-state index contributed by atoms with van der Waals surface area (Å²) in [5.74, 6) is -2.47. The highest BCUT2D eigenvalue weighted by molar-refractivity contribution is 6.04. The Labute approximate surface area is 87.5 Å². The van der Waals surface area contributed by atoms with E-state index in [0.29, 0.717) is 0 Å². The summed E-state index contributed by atoms with van der Waals surface area (Å²) in [6.45, 7) is 4.76. The summed E-state index contributed by atoms with van der Waals surface area (Å²) in [6, 6.07) is 0. The molecule has 0 amide bonds. The Morgan fingerprint density at radius 2 is 1.47 bits per heavy atom. The van der Waals surface area contributed by atoms with E-state index in [4.69, 9.17) is 15.3 Å². The van der Waals surface area contributed by atoms with Crippen molar-refractivity contribution in [1.29, 1.82) is 0 Å². The number of carboxylic acid groups (broad SMARTS) is 1. The zero-order valence-corrected chi connectivity index (χ0v) is 9.14. The molecule has 0 aliphatic heterocycles. The van der Waals surface area contributed by atoms with E-state index in [1.807, 2.05) is 0 Å². The van der Waals surface area contributed by atoms with Crippen molar-refractivity contribution in [2.75, 3.05) is 0 Å². The molecule has 88 valence electrons. The molecule has 0 fully saturated rings. The molecule has 6 heteroatoms. The maximum absolute atomic E-state index is 10.3. The number of aliphatic hydroxyl groups is 2. The summed E-state index contributed by atoms with van der Waals surface area (Å²) >= 11 is 0. The molecule has 0 saturated heterocycles. The number of Topliss-reactive ketones (excluding diaryl/α,β-unsaturated/α-hetero) is 2. The van der Waals surface area contributed by atoms with E-state index in [9.17, 15) is 14.4 Å². The van der Waals surface area contributed by atoms with Crippen LogP contribution in [-0.4, -0.2) is 44.6 Å². The third kappa shape index (κ3) is 6.75. The Balaban J connectivity index is 0. The summed E-state index contributed by atoms with van der Waals surface area (Å²) < 4.78 is 0. The Morgan fingerprint density at radius 1 is 1.20 bits per heavy atom. The first-order chi connectivity index (χ1) is 6.53. The molecule has 0 aromatic heterocycles. The molecule has 0 spiro atoms. The number of aliphatic hydroxyl groups excluding tert-OH is 1. The third-order valence-corrected chi connectivity index (χ3v) is 1.69. The van der Waals surface area contributed by atoms with Gasteiger partial charge in [0.25, 0.3) is 0 Å². The van der Waals surface area contributed by atoms with Crippen molar-refractivity contribution in [2.45, 2.75) is 39.4 Å². The SMILES string of the molecule is CC(=O)C(C)(O)C(=O)O.CC(=O)C(C)O. The highest BCUT2D eigenvalue weighted by Gasteiger charge is 2.35. The van der Waals surface area contributed by atoms with E-state index in [2.05, 4.69) is 0 Å². The maximum atomic E-state index is 10.3. The van der Waals surface area contributed by atoms with Gasteiger partial charge in [0.2, 0.25) is 5.60 Å². The first kappa shape index (κ1) is 16.2. The van der Waals surface area contributed by atoms with Gasteiger partial charge in [0, 0.05) is 0 Å². The molecule has 0 radical (unpaired) electrons. The minimum Gasteiger partial charge on any atom is -0.479 e. The Bertz CT molecular complexity index is 237. The van der Waals surface area contributed by atoms with Crippen LogP contribution < -0.4 is 0 Å². The average Bonchev–Trinajstić information content (AvgIpc) is 2.04. The predicted molar refractivity (Wildman–Crippen MR) is 51.3 cm³/mol. The van der Waals surface area contributed by atoms with E-state index in [-0.39, 0.29) is 5.78 Å². The third-order valence-electron chi connectivity index (χ3n) is 1.69. The molecular weight excluding hydrogens is 204 g/mol. The van der Waals surface area contributed by atoms with E-state index >= 15 is 0 Å². The lowest BCUT2D eigenvalue weighted by molar-refractivity contribution is -0.162. The number of hydrogen-bond acceptors (Lipinski definition) is 5. The van der Waals surface area contributed by atoms with Crippen LogP contribution in [0.3, 0.4) is 0 Å². The fraction of sp³-hybridized carbons (Fsp3) is 0.667. The number of carbonyl (C=O) groups is 3. The normalized spacial score (nSPS) is 15.3. The molecule has 0 aromatic rings. The van der Waals surface area contributed by atoms with Crippen molar-refractivity contribution in [3.63, 3.8) is 0 Å². The lowest BCUT2D eigenvalue weighted by Gasteiger charge is -2.11. The Morgan fingerprint density at radius 3 is 1.47 bits per heavy atom. The molecule has 2 unspecified atom stereocenters. The van der Waals surface area contributed by atoms with Gasteiger partial charge in [0.05, 0.1) is 0 Å². The molecule has 2 atom stereocenters. The van der Waals surface area contributed by atoms with Gasteiger partial charge in [-0.05, 0) is 27.7 Å². The van der Waals surface area contributed by atoms with Crippen LogP contribution in [0.1, 0.15) is 27.7 Å². The van der Waals surface area contributed by atoms with Crippen molar-refractivity contribution < 1.29 is 29.7 Å². The first-order valence-electron chi connectivity index (χ1n) is 4.18. The molecule has 0 saturated carbocycles. The van der Waals surface area contributed by atoms with E-state index in [1.165, 1.54) is 13.8 Å². The van der Waals surface area contributed by atoms with E-state index in [1.54, 1.807) is 0 Å². The van der Waals surface area contributed by atoms with Crippen LogP contribution in [0.5, 0.6) is 0 Å². The van der Waals surface area contributed by atoms with Crippen molar-refractivity contribution in [3.05, 3.63) is 0 Å². The van der Waals surface area contributed by atoms with Gasteiger partial charge in [0.1, 0.15) is 6.10 Å². The molecule has 6 nitrogen and oxygen atoms in total. The quantitative estimate of drug-likeness (QED) is 0.546. The first-order valence-corrected chi connectivity index (χ1v) is 4.18. The monoisotopic (exact) mass is 220 g/mol. The van der Waals surface area contributed by atoms with Gasteiger partial charge >= 0.3 is 5.97 Å². The van der Waals surface area contributed by atoms with Gasteiger partial charge < -0.3 is 15.3 Å². The highest BCUT2D eigenvalue weighted by Crippen LogP contribution is 2.03. The Kier molecular flexibility index (Phi) is 6.75. The van der Waals surface area contributed by atoms with Crippen LogP contribution in [-0.2, 0) is 14.4 Å². The highest BCUT2D eigenvalue weighted by atomic mass is 16.4. The van der Waals surface area contributed by atoms with Crippen LogP contribution in [0.25, 0.3) is 0 Å². The average molecular weight is 220 g/mol. The second-order valence-corrected chi connectivity index (χ2v) is 3.22. The summed E-state index contributed by atoms with van der Waals surface area (Å²) in [6.07, 6.45) is -0.787. The molecule has 0 heterocycles. The van der Waals surface area contributed by atoms with Crippen molar-refractivity contribution in [1.82, 2.24) is 0 Å². The minimum absolute atomic E-state index is 0.185. The van der Waals surface area contributed by atoms with Gasteiger partial charge in [-0.1, -0.05) is 0 Å². The molecular formula is C9H16O6. The number of rotatable bonds is 3. The zero-order chi connectivity index (χ0) is 12.8. The van der Waals surface area contributed by atoms with Gasteiger partial charge in [0.15, 0.2) is 11.6 Å². The van der Waals surface area contributed by atoms with E-state index in [0.717, 1.165) is 13.8 Å². The molecule has 0 aliphatic carbocycles. The standard InChI is InChI=1S/C5H8O4.C4H8O2/c1-3(6)5(2,9)4(7)8;1-3(5)4(2)6/h9H,1-2H3,(H,7,8);3,5H,1-2H3. The number of ketones is 2. The summed E-state index contributed by atoms with van der Waals surface area (Å²) in [4.78, 5) is 30.2. The largest absolute Gasteiger partial charge is 0.479 e. The van der Waals surface area contributed by atoms with Crippen LogP contribution in [0.15, 0.2) is 0 Å². The minimum atomic E-state index is -2.22. The molecule has 0 bridgehead atoms. The number of carbonyl (C=O) groups excluding carboxylic acids is 2. The topological polar surface area (TPSA) is 112 Å². The van der Waals surface area contributed by atoms with Crippen LogP contribution in [0.4, 0.5) is 0 Å². The van der Waals surface area contributed by atoms with Crippen molar-refractivity contribution in [3.8, 4) is 0 Å². The van der Waals surface area contributed by atoms with E-state index < -0.39 is 23.5 Å². The maximum Gasteiger partial charge on any atom is 0.343 e. The Hall–Kier alpha value is -1.27. The fourth-order valence-electron chi connectivity index (χ4n) is 0.151. The van der Waals surface area contributed by atoms with Gasteiger partial charge in [-0.15, -0.1) is 0 Å². The van der Waals surface area contributed by atoms with Crippen LogP contribution in [0.2, 0.25) is 0 Å². The van der Waals surface area contributed by atoms with Gasteiger partial charge in [-0.3, -0.25) is 9.59 Å². The molecule has 0 rings (SSSR count). The fourth-order valence-corrected chi connectivity index (χ4v) is 0.151. The summed E-state index contributed by atoms with van der Waals surface area (Å²) in [7, 11) is 0. The predicted octanol–water partition coefficient (Wildman–Crippen LogP) is -0.633. The molecule has 3 N–H and O–H groups in total.